The van der Waals surface area contributed by atoms with Crippen LogP contribution in [0.25, 0.3) is 0 Å². The largest absolute Gasteiger partial charge is 0.433 e. The van der Waals surface area contributed by atoms with E-state index in [1.165, 1.54) is 6.07 Å². The third-order valence-corrected chi connectivity index (χ3v) is 3.25. The van der Waals surface area contributed by atoms with Crippen LogP contribution in [0.4, 0.5) is 18.9 Å². The first-order valence-corrected chi connectivity index (χ1v) is 6.67. The zero-order chi connectivity index (χ0) is 15.6. The van der Waals surface area contributed by atoms with Gasteiger partial charge < -0.3 is 5.32 Å². The molecule has 0 bridgehead atoms. The fourth-order valence-corrected chi connectivity index (χ4v) is 2.03. The summed E-state index contributed by atoms with van der Waals surface area (Å²) in [5.41, 5.74) is 0.395. The predicted octanol–water partition coefficient (Wildman–Crippen LogP) is 4.42. The van der Waals surface area contributed by atoms with E-state index in [4.69, 9.17) is 0 Å². The highest BCUT2D eigenvalue weighted by Gasteiger charge is 2.32. The van der Waals surface area contributed by atoms with E-state index >= 15 is 0 Å². The summed E-state index contributed by atoms with van der Waals surface area (Å²) in [4.78, 5) is 15.4. The molecule has 0 radical (unpaired) electrons. The molecule has 7 heteroatoms. The topological polar surface area (TPSA) is 42.0 Å². The third kappa shape index (κ3) is 3.81. The van der Waals surface area contributed by atoms with E-state index in [1.54, 1.807) is 25.1 Å². The molecule has 0 spiro atoms. The molecular formula is C14H10BrF3N2O. The Balaban J connectivity index is 2.18. The van der Waals surface area contributed by atoms with Crippen molar-refractivity contribution in [1.82, 2.24) is 4.98 Å². The van der Waals surface area contributed by atoms with Crippen LogP contribution >= 0.6 is 15.9 Å². The van der Waals surface area contributed by atoms with Gasteiger partial charge in [-0.2, -0.15) is 13.2 Å². The number of nitrogens with zero attached hydrogens (tertiary/aromatic N) is 1. The molecule has 0 aliphatic rings. The average Bonchev–Trinajstić information content (AvgIpc) is 2.41. The van der Waals surface area contributed by atoms with Gasteiger partial charge >= 0.3 is 6.18 Å². The number of nitrogens with one attached hydrogen (secondary N) is 1. The van der Waals surface area contributed by atoms with E-state index in [2.05, 4.69) is 26.2 Å². The van der Waals surface area contributed by atoms with Gasteiger partial charge in [0.25, 0.3) is 5.91 Å². The van der Waals surface area contributed by atoms with Crippen LogP contribution < -0.4 is 5.32 Å². The van der Waals surface area contributed by atoms with Gasteiger partial charge in [0.2, 0.25) is 0 Å². The van der Waals surface area contributed by atoms with Gasteiger partial charge in [-0.3, -0.25) is 4.79 Å². The first kappa shape index (κ1) is 15.5. The number of carbonyl (C=O) groups is 1. The minimum atomic E-state index is -4.50. The summed E-state index contributed by atoms with van der Waals surface area (Å²) in [6.45, 7) is 1.77. The maximum absolute atomic E-state index is 12.4. The van der Waals surface area contributed by atoms with Crippen molar-refractivity contribution in [1.29, 1.82) is 0 Å². The van der Waals surface area contributed by atoms with E-state index in [0.29, 0.717) is 5.56 Å². The molecule has 0 atom stereocenters. The predicted molar refractivity (Wildman–Crippen MR) is 76.1 cm³/mol. The molecule has 0 saturated carbocycles. The molecule has 0 unspecified atom stereocenters. The van der Waals surface area contributed by atoms with Gasteiger partial charge in [0.1, 0.15) is 5.69 Å². The minimum absolute atomic E-state index is 0.201. The molecule has 0 aliphatic carbocycles. The Kier molecular flexibility index (Phi) is 4.32. The number of aromatic nitrogens is 1. The number of benzene rings is 1. The molecule has 2 rings (SSSR count). The molecule has 1 aromatic carbocycles. The Morgan fingerprint density at radius 3 is 2.52 bits per heavy atom. The lowest BCUT2D eigenvalue weighted by Gasteiger charge is -2.09. The van der Waals surface area contributed by atoms with Gasteiger partial charge in [-0.1, -0.05) is 22.0 Å². The summed E-state index contributed by atoms with van der Waals surface area (Å²) < 4.78 is 37.9. The van der Waals surface area contributed by atoms with Crippen molar-refractivity contribution in [3.8, 4) is 0 Å². The summed E-state index contributed by atoms with van der Waals surface area (Å²) >= 11 is 3.26. The molecule has 0 saturated heterocycles. The maximum Gasteiger partial charge on any atom is 0.433 e. The van der Waals surface area contributed by atoms with Gasteiger partial charge in [0, 0.05) is 10.0 Å². The van der Waals surface area contributed by atoms with Crippen molar-refractivity contribution in [3.63, 3.8) is 0 Å². The molecule has 110 valence electrons. The first-order valence-electron chi connectivity index (χ1n) is 5.88. The number of aryl methyl sites for hydroxylation is 1. The molecule has 1 amide bonds. The molecule has 0 aliphatic heterocycles. The second kappa shape index (κ2) is 5.85. The lowest BCUT2D eigenvalue weighted by atomic mass is 10.1. The summed E-state index contributed by atoms with van der Waals surface area (Å²) in [6, 6.07) is 7.20. The zero-order valence-electron chi connectivity index (χ0n) is 10.8. The number of hydrogen-bond acceptors (Lipinski definition) is 2. The number of pyridine rings is 1. The van der Waals surface area contributed by atoms with Crippen molar-refractivity contribution in [2.75, 3.05) is 5.32 Å². The summed E-state index contributed by atoms with van der Waals surface area (Å²) in [6.07, 6.45) is -3.52. The van der Waals surface area contributed by atoms with Gasteiger partial charge in [-0.05, 0) is 36.8 Å². The fourth-order valence-electron chi connectivity index (χ4n) is 1.67. The van der Waals surface area contributed by atoms with Gasteiger partial charge in [0.05, 0.1) is 11.9 Å². The van der Waals surface area contributed by atoms with Crippen LogP contribution in [0.3, 0.4) is 0 Å². The van der Waals surface area contributed by atoms with Crippen LogP contribution in [0.2, 0.25) is 0 Å². The van der Waals surface area contributed by atoms with Crippen LogP contribution in [0.1, 0.15) is 21.6 Å². The maximum atomic E-state index is 12.4. The zero-order valence-corrected chi connectivity index (χ0v) is 12.4. The molecule has 0 fully saturated rings. The Bertz CT molecular complexity index is 669. The van der Waals surface area contributed by atoms with Crippen molar-refractivity contribution < 1.29 is 18.0 Å². The highest BCUT2D eigenvalue weighted by atomic mass is 79.9. The van der Waals surface area contributed by atoms with Gasteiger partial charge in [0.15, 0.2) is 0 Å². The molecule has 1 N–H and O–H groups in total. The third-order valence-electron chi connectivity index (χ3n) is 2.76. The molecule has 3 nitrogen and oxygen atoms in total. The van der Waals surface area contributed by atoms with Crippen LogP contribution in [-0.2, 0) is 6.18 Å². The highest BCUT2D eigenvalue weighted by molar-refractivity contribution is 9.10. The summed E-state index contributed by atoms with van der Waals surface area (Å²) in [7, 11) is 0. The average molecular weight is 359 g/mol. The van der Waals surface area contributed by atoms with Gasteiger partial charge in [-0.15, -0.1) is 0 Å². The summed E-state index contributed by atoms with van der Waals surface area (Å²) in [5, 5.41) is 2.52. The second-order valence-corrected chi connectivity index (χ2v) is 5.26. The second-order valence-electron chi connectivity index (χ2n) is 4.34. The van der Waals surface area contributed by atoms with Crippen molar-refractivity contribution in [3.05, 3.63) is 57.8 Å². The van der Waals surface area contributed by atoms with Crippen molar-refractivity contribution >= 4 is 27.5 Å². The summed E-state index contributed by atoms with van der Waals surface area (Å²) in [5.74, 6) is -0.407. The van der Waals surface area contributed by atoms with Crippen molar-refractivity contribution in [2.45, 2.75) is 13.1 Å². The van der Waals surface area contributed by atoms with E-state index < -0.39 is 17.8 Å². The SMILES string of the molecule is Cc1ccc(Br)cc1C(=O)Nc1ccc(C(F)(F)F)nc1. The lowest BCUT2D eigenvalue weighted by Crippen LogP contribution is -2.14. The van der Waals surface area contributed by atoms with E-state index in [0.717, 1.165) is 22.3 Å². The molecule has 2 aromatic rings. The molecule has 1 heterocycles. The monoisotopic (exact) mass is 358 g/mol. The van der Waals surface area contributed by atoms with Crippen LogP contribution in [0.15, 0.2) is 41.0 Å². The smallest absolute Gasteiger partial charge is 0.321 e. The number of halogens is 4. The van der Waals surface area contributed by atoms with Gasteiger partial charge in [-0.25, -0.2) is 4.98 Å². The lowest BCUT2D eigenvalue weighted by molar-refractivity contribution is -0.141. The van der Waals surface area contributed by atoms with Crippen molar-refractivity contribution in [2.24, 2.45) is 0 Å². The van der Waals surface area contributed by atoms with E-state index in [1.807, 2.05) is 0 Å². The minimum Gasteiger partial charge on any atom is -0.321 e. The fraction of sp³-hybridized carbons (Fsp3) is 0.143. The number of alkyl halides is 3. The molecule has 21 heavy (non-hydrogen) atoms. The Morgan fingerprint density at radius 2 is 1.95 bits per heavy atom. The Hall–Kier alpha value is -1.89. The van der Waals surface area contributed by atoms with E-state index in [-0.39, 0.29) is 5.69 Å². The number of anilines is 1. The van der Waals surface area contributed by atoms with Crippen LogP contribution in [0, 0.1) is 6.92 Å². The highest BCUT2D eigenvalue weighted by Crippen LogP contribution is 2.28. The molecule has 1 aromatic heterocycles. The van der Waals surface area contributed by atoms with E-state index in [9.17, 15) is 18.0 Å². The first-order chi connectivity index (χ1) is 9.77. The Morgan fingerprint density at radius 1 is 1.24 bits per heavy atom. The van der Waals surface area contributed by atoms with Crippen LogP contribution in [0.5, 0.6) is 0 Å². The number of rotatable bonds is 2. The number of carbonyl (C=O) groups excluding carboxylic acids is 1. The van der Waals surface area contributed by atoms with Crippen LogP contribution in [-0.4, -0.2) is 10.9 Å². The molecular weight excluding hydrogens is 349 g/mol. The normalized spacial score (nSPS) is 11.3. The Labute approximate surface area is 127 Å². The quantitative estimate of drug-likeness (QED) is 0.862. The number of amides is 1. The standard InChI is InChI=1S/C14H10BrF3N2O/c1-8-2-3-9(15)6-11(8)13(21)20-10-4-5-12(19-7-10)14(16,17)18/h2-7H,1H3,(H,20,21). The number of hydrogen-bond donors (Lipinski definition) is 1.